The van der Waals surface area contributed by atoms with Crippen molar-refractivity contribution in [2.45, 2.75) is 13.0 Å². The molecule has 0 amide bonds. The predicted molar refractivity (Wildman–Crippen MR) is 70.1 cm³/mol. The molecule has 18 heavy (non-hydrogen) atoms. The van der Waals surface area contributed by atoms with Crippen molar-refractivity contribution in [3.05, 3.63) is 52.4 Å². The molecule has 2 aromatic rings. The van der Waals surface area contributed by atoms with Gasteiger partial charge < -0.3 is 5.32 Å². The van der Waals surface area contributed by atoms with Crippen LogP contribution in [-0.2, 0) is 13.0 Å². The van der Waals surface area contributed by atoms with Crippen LogP contribution in [0, 0.1) is 5.82 Å². The second-order valence-corrected chi connectivity index (χ2v) is 4.74. The molecular weight excluding hydrogens is 251 g/mol. The normalized spacial score (nSPS) is 14.3. The van der Waals surface area contributed by atoms with Crippen LogP contribution < -0.4 is 5.32 Å². The highest BCUT2D eigenvalue weighted by atomic mass is 35.5. The van der Waals surface area contributed by atoms with Crippen molar-refractivity contribution in [3.8, 4) is 11.3 Å². The van der Waals surface area contributed by atoms with Crippen molar-refractivity contribution in [2.24, 2.45) is 0 Å². The van der Waals surface area contributed by atoms with Gasteiger partial charge in [-0.05, 0) is 23.8 Å². The number of rotatable bonds is 1. The lowest BCUT2D eigenvalue weighted by atomic mass is 10.0. The molecule has 3 rings (SSSR count). The molecule has 0 fully saturated rings. The van der Waals surface area contributed by atoms with Gasteiger partial charge in [-0.3, -0.25) is 4.98 Å². The van der Waals surface area contributed by atoms with Crippen molar-refractivity contribution in [1.29, 1.82) is 0 Å². The fourth-order valence-corrected chi connectivity index (χ4v) is 2.36. The molecule has 0 saturated heterocycles. The van der Waals surface area contributed by atoms with Crippen LogP contribution in [0.1, 0.15) is 11.3 Å². The Bertz CT molecular complexity index is 598. The van der Waals surface area contributed by atoms with Gasteiger partial charge in [0.1, 0.15) is 0 Å². The van der Waals surface area contributed by atoms with Gasteiger partial charge in [0, 0.05) is 30.8 Å². The zero-order valence-corrected chi connectivity index (χ0v) is 10.5. The lowest BCUT2D eigenvalue weighted by molar-refractivity contribution is 0.625. The molecule has 1 aromatic heterocycles. The number of fused-ring (bicyclic) bond motifs is 1. The average Bonchev–Trinajstić information content (AvgIpc) is 2.41. The second-order valence-electron chi connectivity index (χ2n) is 4.33. The molecule has 92 valence electrons. The van der Waals surface area contributed by atoms with E-state index in [1.54, 1.807) is 18.2 Å². The number of halogens is 2. The first kappa shape index (κ1) is 11.6. The molecule has 0 aliphatic carbocycles. The summed E-state index contributed by atoms with van der Waals surface area (Å²) in [6.45, 7) is 1.75. The summed E-state index contributed by atoms with van der Waals surface area (Å²) in [5.74, 6) is -0.402. The third kappa shape index (κ3) is 2.00. The zero-order chi connectivity index (χ0) is 12.5. The van der Waals surface area contributed by atoms with Gasteiger partial charge in [0.15, 0.2) is 5.82 Å². The first-order chi connectivity index (χ1) is 8.75. The van der Waals surface area contributed by atoms with E-state index in [1.807, 2.05) is 12.1 Å². The van der Waals surface area contributed by atoms with Gasteiger partial charge in [-0.25, -0.2) is 4.39 Å². The Kier molecular flexibility index (Phi) is 3.02. The zero-order valence-electron chi connectivity index (χ0n) is 9.71. The highest BCUT2D eigenvalue weighted by Crippen LogP contribution is 2.27. The van der Waals surface area contributed by atoms with Gasteiger partial charge >= 0.3 is 0 Å². The summed E-state index contributed by atoms with van der Waals surface area (Å²) in [7, 11) is 0. The Balaban J connectivity index is 2.09. The molecule has 0 unspecified atom stereocenters. The molecule has 4 heteroatoms. The topological polar surface area (TPSA) is 24.9 Å². The van der Waals surface area contributed by atoms with Gasteiger partial charge in [-0.1, -0.05) is 23.7 Å². The van der Waals surface area contributed by atoms with Crippen LogP contribution in [0.5, 0.6) is 0 Å². The number of hydrogen-bond acceptors (Lipinski definition) is 2. The average molecular weight is 263 g/mol. The Morgan fingerprint density at radius 2 is 2.11 bits per heavy atom. The molecule has 1 N–H and O–H groups in total. The lowest BCUT2D eigenvalue weighted by Crippen LogP contribution is -2.24. The third-order valence-corrected chi connectivity index (χ3v) is 3.44. The molecule has 0 saturated carbocycles. The molecule has 2 heterocycles. The van der Waals surface area contributed by atoms with Crippen LogP contribution in [0.25, 0.3) is 11.3 Å². The van der Waals surface area contributed by atoms with E-state index >= 15 is 0 Å². The van der Waals surface area contributed by atoms with Crippen molar-refractivity contribution in [1.82, 2.24) is 10.3 Å². The minimum atomic E-state index is -0.402. The minimum Gasteiger partial charge on any atom is -0.312 e. The number of aromatic nitrogens is 1. The number of nitrogens with zero attached hydrogens (tertiary/aromatic N) is 1. The van der Waals surface area contributed by atoms with Gasteiger partial charge in [-0.2, -0.15) is 0 Å². The summed E-state index contributed by atoms with van der Waals surface area (Å²) in [4.78, 5) is 4.55. The van der Waals surface area contributed by atoms with Crippen molar-refractivity contribution < 1.29 is 4.39 Å². The maximum Gasteiger partial charge on any atom is 0.151 e. The maximum absolute atomic E-state index is 13.9. The molecule has 0 bridgehead atoms. The van der Waals surface area contributed by atoms with Crippen LogP contribution in [0.3, 0.4) is 0 Å². The summed E-state index contributed by atoms with van der Waals surface area (Å²) in [6.07, 6.45) is 0.880. The summed E-state index contributed by atoms with van der Waals surface area (Å²) >= 11 is 5.79. The van der Waals surface area contributed by atoms with Gasteiger partial charge in [0.05, 0.1) is 10.7 Å². The fourth-order valence-electron chi connectivity index (χ4n) is 2.19. The maximum atomic E-state index is 13.9. The molecule has 0 spiro atoms. The predicted octanol–water partition coefficient (Wildman–Crippen LogP) is 3.19. The summed E-state index contributed by atoms with van der Waals surface area (Å²) in [5, 5.41) is 3.42. The Morgan fingerprint density at radius 1 is 1.22 bits per heavy atom. The first-order valence-electron chi connectivity index (χ1n) is 5.89. The number of hydrogen-bond donors (Lipinski definition) is 1. The van der Waals surface area contributed by atoms with E-state index in [4.69, 9.17) is 11.6 Å². The summed E-state index contributed by atoms with van der Waals surface area (Å²) in [6, 6.07) is 8.84. The number of benzene rings is 1. The summed E-state index contributed by atoms with van der Waals surface area (Å²) in [5.41, 5.74) is 3.34. The highest BCUT2D eigenvalue weighted by molar-refractivity contribution is 6.31. The number of nitrogens with one attached hydrogen (secondary N) is 1. The van der Waals surface area contributed by atoms with Crippen LogP contribution >= 0.6 is 11.6 Å². The summed E-state index contributed by atoms with van der Waals surface area (Å²) < 4.78 is 13.9. The molecule has 1 aliphatic rings. The Hall–Kier alpha value is -1.45. The van der Waals surface area contributed by atoms with E-state index in [2.05, 4.69) is 10.3 Å². The van der Waals surface area contributed by atoms with E-state index in [0.717, 1.165) is 25.2 Å². The van der Waals surface area contributed by atoms with E-state index in [9.17, 15) is 4.39 Å². The quantitative estimate of drug-likeness (QED) is 0.854. The van der Waals surface area contributed by atoms with Crippen LogP contribution in [0.2, 0.25) is 5.02 Å². The molecule has 1 aliphatic heterocycles. The second kappa shape index (κ2) is 4.67. The lowest BCUT2D eigenvalue weighted by Gasteiger charge is -2.17. The van der Waals surface area contributed by atoms with Gasteiger partial charge in [-0.15, -0.1) is 0 Å². The van der Waals surface area contributed by atoms with Crippen LogP contribution in [0.15, 0.2) is 30.3 Å². The molecule has 2 nitrogen and oxygen atoms in total. The highest BCUT2D eigenvalue weighted by Gasteiger charge is 2.14. The smallest absolute Gasteiger partial charge is 0.151 e. The largest absolute Gasteiger partial charge is 0.312 e. The molecular formula is C14H12ClFN2. The third-order valence-electron chi connectivity index (χ3n) is 3.15. The van der Waals surface area contributed by atoms with E-state index in [1.165, 1.54) is 5.56 Å². The monoisotopic (exact) mass is 262 g/mol. The molecule has 0 atom stereocenters. The number of pyridine rings is 1. The minimum absolute atomic E-state index is 0.133. The van der Waals surface area contributed by atoms with Crippen LogP contribution in [0.4, 0.5) is 4.39 Å². The van der Waals surface area contributed by atoms with E-state index in [0.29, 0.717) is 11.3 Å². The Morgan fingerprint density at radius 3 is 3.00 bits per heavy atom. The standard InChI is InChI=1S/C14H12ClFN2/c15-11-3-1-2-10(14(11)16)13-5-4-9-8-17-7-6-12(9)18-13/h1-5,17H,6-8H2. The fraction of sp³-hybridized carbons (Fsp3) is 0.214. The van der Waals surface area contributed by atoms with E-state index in [-0.39, 0.29) is 5.02 Å². The molecule has 0 radical (unpaired) electrons. The van der Waals surface area contributed by atoms with E-state index < -0.39 is 5.82 Å². The van der Waals surface area contributed by atoms with Crippen molar-refractivity contribution in [3.63, 3.8) is 0 Å². The van der Waals surface area contributed by atoms with Gasteiger partial charge in [0.25, 0.3) is 0 Å². The van der Waals surface area contributed by atoms with Crippen molar-refractivity contribution >= 4 is 11.6 Å². The first-order valence-corrected chi connectivity index (χ1v) is 6.27. The van der Waals surface area contributed by atoms with Crippen LogP contribution in [-0.4, -0.2) is 11.5 Å². The molecule has 1 aromatic carbocycles. The Labute approximate surface area is 110 Å². The SMILES string of the molecule is Fc1c(Cl)cccc1-c1ccc2c(n1)CCNC2. The van der Waals surface area contributed by atoms with Gasteiger partial charge in [0.2, 0.25) is 0 Å². The van der Waals surface area contributed by atoms with Crippen molar-refractivity contribution in [2.75, 3.05) is 6.54 Å².